The topological polar surface area (TPSA) is 84.7 Å². The minimum absolute atomic E-state index is 0.0383. The molecule has 26 heavy (non-hydrogen) atoms. The first-order chi connectivity index (χ1) is 12.4. The smallest absolute Gasteiger partial charge is 0.311 e. The number of nitro groups is 1. The van der Waals surface area contributed by atoms with E-state index in [2.05, 4.69) is 5.32 Å². The van der Waals surface area contributed by atoms with Crippen molar-refractivity contribution < 1.29 is 18.8 Å². The fourth-order valence-corrected chi connectivity index (χ4v) is 2.43. The number of ether oxygens (including phenoxy) is 1. The predicted octanol–water partition coefficient (Wildman–Crippen LogP) is 2.53. The maximum atomic E-state index is 13.3. The second kappa shape index (κ2) is 8.91. The Hall–Kier alpha value is -3.00. The van der Waals surface area contributed by atoms with Crippen molar-refractivity contribution in [1.29, 1.82) is 0 Å². The molecule has 2 rings (SSSR count). The molecule has 0 aromatic heterocycles. The monoisotopic (exact) mass is 361 g/mol. The van der Waals surface area contributed by atoms with Gasteiger partial charge >= 0.3 is 5.69 Å². The molecule has 8 heteroatoms. The highest BCUT2D eigenvalue weighted by Gasteiger charge is 2.18. The third kappa shape index (κ3) is 5.25. The molecule has 0 bridgehead atoms. The minimum Gasteiger partial charge on any atom is -0.477 e. The number of amides is 1. The van der Waals surface area contributed by atoms with Crippen molar-refractivity contribution in [3.8, 4) is 5.75 Å². The van der Waals surface area contributed by atoms with E-state index in [4.69, 9.17) is 4.74 Å². The van der Waals surface area contributed by atoms with E-state index in [1.165, 1.54) is 0 Å². The van der Waals surface area contributed by atoms with Crippen molar-refractivity contribution in [3.63, 3.8) is 0 Å². The third-order valence-corrected chi connectivity index (χ3v) is 3.78. The fraction of sp³-hybridized carbons (Fsp3) is 0.278. The number of likely N-dealkylation sites (N-methyl/N-ethyl adjacent to an activating group) is 1. The van der Waals surface area contributed by atoms with Gasteiger partial charge in [-0.3, -0.25) is 14.9 Å². The lowest BCUT2D eigenvalue weighted by Gasteiger charge is -2.25. The number of rotatable bonds is 8. The summed E-state index contributed by atoms with van der Waals surface area (Å²) in [5.74, 6) is -1.41. The molecule has 138 valence electrons. The molecule has 0 aliphatic heterocycles. The molecular formula is C18H20FN3O4. The van der Waals surface area contributed by atoms with Crippen LogP contribution in [0.15, 0.2) is 48.5 Å². The summed E-state index contributed by atoms with van der Waals surface area (Å²) in [5, 5.41) is 13.6. The molecule has 1 N–H and O–H groups in total. The van der Waals surface area contributed by atoms with E-state index in [1.807, 2.05) is 49.3 Å². The normalized spacial score (nSPS) is 11.8. The SMILES string of the molecule is CN(C)[C@H](CNC(=O)COc1cc(F)ccc1[N+](=O)[O-])c1ccccc1. The van der Waals surface area contributed by atoms with Crippen LogP contribution in [-0.4, -0.2) is 43.0 Å². The van der Waals surface area contributed by atoms with Crippen LogP contribution >= 0.6 is 0 Å². The zero-order valence-corrected chi connectivity index (χ0v) is 14.5. The first-order valence-electron chi connectivity index (χ1n) is 7.93. The fourth-order valence-electron chi connectivity index (χ4n) is 2.43. The highest BCUT2D eigenvalue weighted by atomic mass is 19.1. The summed E-state index contributed by atoms with van der Waals surface area (Å²) in [6.45, 7) is -0.107. The Morgan fingerprint density at radius 1 is 1.27 bits per heavy atom. The van der Waals surface area contributed by atoms with Gasteiger partial charge in [0.15, 0.2) is 6.61 Å². The summed E-state index contributed by atoms with van der Waals surface area (Å²) in [5.41, 5.74) is 0.647. The van der Waals surface area contributed by atoms with Crippen LogP contribution in [0.4, 0.5) is 10.1 Å². The molecule has 0 aliphatic carbocycles. The van der Waals surface area contributed by atoms with E-state index in [0.29, 0.717) is 6.54 Å². The third-order valence-electron chi connectivity index (χ3n) is 3.78. The molecule has 0 heterocycles. The highest BCUT2D eigenvalue weighted by Crippen LogP contribution is 2.27. The number of nitro benzene ring substituents is 1. The number of benzene rings is 2. The van der Waals surface area contributed by atoms with Crippen LogP contribution in [0.2, 0.25) is 0 Å². The molecule has 1 atom stereocenters. The van der Waals surface area contributed by atoms with Crippen LogP contribution in [-0.2, 0) is 4.79 Å². The van der Waals surface area contributed by atoms with E-state index in [9.17, 15) is 19.3 Å². The van der Waals surface area contributed by atoms with Gasteiger partial charge in [0.05, 0.1) is 11.0 Å². The van der Waals surface area contributed by atoms with E-state index < -0.39 is 28.9 Å². The Labute approximate surface area is 150 Å². The Bertz CT molecular complexity index is 768. The number of hydrogen-bond donors (Lipinski definition) is 1. The van der Waals surface area contributed by atoms with Crippen molar-refractivity contribution in [2.45, 2.75) is 6.04 Å². The average Bonchev–Trinajstić information content (AvgIpc) is 2.60. The number of nitrogens with zero attached hydrogens (tertiary/aromatic N) is 2. The summed E-state index contributed by atoms with van der Waals surface area (Å²) in [6.07, 6.45) is 0. The van der Waals surface area contributed by atoms with Crippen molar-refractivity contribution in [2.24, 2.45) is 0 Å². The standard InChI is InChI=1S/C18H20FN3O4/c1-21(2)16(13-6-4-3-5-7-13)11-20-18(23)12-26-17-10-14(19)8-9-15(17)22(24)25/h3-10,16H,11-12H2,1-2H3,(H,20,23)/t16-/m1/s1. The molecule has 2 aromatic rings. The van der Waals surface area contributed by atoms with Gasteiger partial charge < -0.3 is 15.0 Å². The highest BCUT2D eigenvalue weighted by molar-refractivity contribution is 5.77. The van der Waals surface area contributed by atoms with E-state index in [1.54, 1.807) is 0 Å². The average molecular weight is 361 g/mol. The summed E-state index contributed by atoms with van der Waals surface area (Å²) in [4.78, 5) is 24.2. The molecule has 0 radical (unpaired) electrons. The zero-order chi connectivity index (χ0) is 19.1. The van der Waals surface area contributed by atoms with E-state index in [-0.39, 0.29) is 11.8 Å². The van der Waals surface area contributed by atoms with Gasteiger partial charge in [0.25, 0.3) is 5.91 Å². The van der Waals surface area contributed by atoms with Crippen LogP contribution in [0.25, 0.3) is 0 Å². The number of halogens is 1. The van der Waals surface area contributed by atoms with E-state index >= 15 is 0 Å². The van der Waals surface area contributed by atoms with Gasteiger partial charge in [0.1, 0.15) is 5.82 Å². The molecule has 1 amide bonds. The van der Waals surface area contributed by atoms with Gasteiger partial charge in [-0.15, -0.1) is 0 Å². The van der Waals surface area contributed by atoms with Crippen LogP contribution in [0.5, 0.6) is 5.75 Å². The maximum absolute atomic E-state index is 13.3. The van der Waals surface area contributed by atoms with Crippen molar-refractivity contribution in [2.75, 3.05) is 27.2 Å². The molecule has 0 spiro atoms. The van der Waals surface area contributed by atoms with Crippen LogP contribution < -0.4 is 10.1 Å². The molecule has 0 saturated heterocycles. The molecule has 0 aliphatic rings. The van der Waals surface area contributed by atoms with Gasteiger partial charge in [-0.2, -0.15) is 0 Å². The molecule has 2 aromatic carbocycles. The quantitative estimate of drug-likeness (QED) is 0.577. The molecule has 7 nitrogen and oxygen atoms in total. The first kappa shape index (κ1) is 19.3. The molecule has 0 saturated carbocycles. The lowest BCUT2D eigenvalue weighted by Crippen LogP contribution is -2.36. The predicted molar refractivity (Wildman–Crippen MR) is 94.4 cm³/mol. The van der Waals surface area contributed by atoms with Crippen LogP contribution in [0.1, 0.15) is 11.6 Å². The Kier molecular flexibility index (Phi) is 6.62. The summed E-state index contributed by atoms with van der Waals surface area (Å²) >= 11 is 0. The number of carbonyl (C=O) groups is 1. The lowest BCUT2D eigenvalue weighted by molar-refractivity contribution is -0.385. The zero-order valence-electron chi connectivity index (χ0n) is 14.5. The maximum Gasteiger partial charge on any atom is 0.311 e. The summed E-state index contributed by atoms with van der Waals surface area (Å²) in [7, 11) is 3.80. The van der Waals surface area contributed by atoms with Gasteiger partial charge in [-0.25, -0.2) is 4.39 Å². The van der Waals surface area contributed by atoms with Gasteiger partial charge in [0.2, 0.25) is 5.75 Å². The van der Waals surface area contributed by atoms with Crippen molar-refractivity contribution in [1.82, 2.24) is 10.2 Å². The molecular weight excluding hydrogens is 341 g/mol. The van der Waals surface area contributed by atoms with Crippen molar-refractivity contribution >= 4 is 11.6 Å². The second-order valence-corrected chi connectivity index (χ2v) is 5.85. The summed E-state index contributed by atoms with van der Waals surface area (Å²) < 4.78 is 18.4. The van der Waals surface area contributed by atoms with E-state index in [0.717, 1.165) is 23.8 Å². The Balaban J connectivity index is 1.95. The van der Waals surface area contributed by atoms with Crippen molar-refractivity contribution in [3.05, 3.63) is 70.0 Å². The lowest BCUT2D eigenvalue weighted by atomic mass is 10.1. The Morgan fingerprint density at radius 2 is 1.96 bits per heavy atom. The molecule has 0 fully saturated rings. The molecule has 0 unspecified atom stereocenters. The van der Waals surface area contributed by atoms with Gasteiger partial charge in [-0.1, -0.05) is 30.3 Å². The largest absolute Gasteiger partial charge is 0.477 e. The second-order valence-electron chi connectivity index (χ2n) is 5.85. The number of carbonyl (C=O) groups excluding carboxylic acids is 1. The number of hydrogen-bond acceptors (Lipinski definition) is 5. The minimum atomic E-state index is -0.690. The van der Waals surface area contributed by atoms with Gasteiger partial charge in [0, 0.05) is 18.7 Å². The van der Waals surface area contributed by atoms with Crippen LogP contribution in [0.3, 0.4) is 0 Å². The number of nitrogens with one attached hydrogen (secondary N) is 1. The Morgan fingerprint density at radius 3 is 2.58 bits per heavy atom. The van der Waals surface area contributed by atoms with Gasteiger partial charge in [-0.05, 0) is 25.7 Å². The first-order valence-corrected chi connectivity index (χ1v) is 7.93. The summed E-state index contributed by atoms with van der Waals surface area (Å²) in [6, 6.07) is 12.5. The van der Waals surface area contributed by atoms with Crippen LogP contribution in [0, 0.1) is 15.9 Å².